The third-order valence-electron chi connectivity index (χ3n) is 19.2. The van der Waals surface area contributed by atoms with Gasteiger partial charge in [0.05, 0.1) is 72.7 Å². The third kappa shape index (κ3) is 88.4. The average molecular weight is 2440 g/mol. The summed E-state index contributed by atoms with van der Waals surface area (Å²) in [6, 6.07) is 5.97. The van der Waals surface area contributed by atoms with Gasteiger partial charge in [-0.25, -0.2) is 28.8 Å². The smallest absolute Gasteiger partial charge is 0.462 e. The SMILES string of the molecule is C=C(C)C(=O)OCCC[Si](C)(C)OCCCO[Si](C)(C)CCCOC(=O)C(=C)C.C=C(C)C(=O)OCCC[Si](C)(C)O[SiH](C)O[Si](C)(C)O[Si](C)(C)CCCOC(=O)C(=C)C.C=C(C)C(=O)OCCC[Si](C)(C)O[Si](C)(C)O[Si](C)(CCCOCC(O)CO)O[Si](C)(C)CCCOC(=O)C(=C)C.C=CCOCC(O)CO.C[SiH]1O[SiH](C)O[SiH](C)O[SiH](C)O1.C[Si]1(C)O[Si](C)(C)O[Si](C)(C)O[Si](C)(C)O1.O=S(=O)(O)C(F)(F)F. The van der Waals surface area contributed by atoms with Gasteiger partial charge in [-0.2, -0.15) is 21.6 Å². The summed E-state index contributed by atoms with van der Waals surface area (Å²) in [4.78, 5) is 69.0. The molecule has 2 heterocycles. The molecular weight excluding hydrogens is 2240 g/mol. The fourth-order valence-corrected chi connectivity index (χ4v) is 86.7. The molecule has 0 radical (unpaired) electrons. The van der Waals surface area contributed by atoms with E-state index in [0.29, 0.717) is 125 Å². The number of aliphatic hydroxyl groups is 4. The van der Waals surface area contributed by atoms with E-state index >= 15 is 0 Å². The summed E-state index contributed by atoms with van der Waals surface area (Å²) in [5.41, 5.74) is -3.08. The second kappa shape index (κ2) is 74.1. The van der Waals surface area contributed by atoms with Crippen molar-refractivity contribution in [3.05, 3.63) is 85.6 Å². The van der Waals surface area contributed by atoms with Crippen molar-refractivity contribution >= 4 is 202 Å². The van der Waals surface area contributed by atoms with Crippen molar-refractivity contribution in [1.82, 2.24) is 0 Å². The summed E-state index contributed by atoms with van der Waals surface area (Å²) in [7, 11) is -41.3. The van der Waals surface area contributed by atoms with Gasteiger partial charge in [0.15, 0.2) is 49.9 Å². The van der Waals surface area contributed by atoms with Crippen LogP contribution in [0, 0.1) is 0 Å². The van der Waals surface area contributed by atoms with E-state index in [1.54, 1.807) is 47.6 Å². The average Bonchev–Trinajstić information content (AvgIpc) is 0.807. The van der Waals surface area contributed by atoms with Crippen LogP contribution in [0.2, 0.25) is 239 Å². The molecule has 4 atom stereocenters. The number of carbonyl (C=O) groups is 6. The molecule has 4 unspecified atom stereocenters. The van der Waals surface area contributed by atoms with Gasteiger partial charge in [-0.05, 0) is 332 Å². The number of alkyl halides is 3. The first-order chi connectivity index (χ1) is 66.5. The Morgan fingerprint density at radius 1 is 0.374 bits per heavy atom. The Morgan fingerprint density at radius 2 is 0.612 bits per heavy atom. The van der Waals surface area contributed by atoms with E-state index in [9.17, 15) is 47.0 Å². The fraction of sp³-hybridized carbons (Fsp3) is 0.773. The summed E-state index contributed by atoms with van der Waals surface area (Å²) >= 11 is 0. The van der Waals surface area contributed by atoms with Gasteiger partial charge in [-0.1, -0.05) is 45.5 Å². The third-order valence-corrected chi connectivity index (χ3v) is 83.8. The largest absolute Gasteiger partial charge is 0.522 e. The van der Waals surface area contributed by atoms with Crippen molar-refractivity contribution in [1.29, 1.82) is 0 Å². The van der Waals surface area contributed by atoms with Crippen molar-refractivity contribution in [3.8, 4) is 0 Å². The molecule has 2 aliphatic rings. The predicted molar refractivity (Wildman–Crippen MR) is 614 cm³/mol. The lowest BCUT2D eigenvalue weighted by Crippen LogP contribution is -2.64. The molecule has 2 rings (SSSR count). The van der Waals surface area contributed by atoms with E-state index in [2.05, 4.69) is 216 Å². The first-order valence-corrected chi connectivity index (χ1v) is 99.8. The highest BCUT2D eigenvalue weighted by molar-refractivity contribution is 7.86. The van der Waals surface area contributed by atoms with Gasteiger partial charge in [0.25, 0.3) is 46.4 Å². The predicted octanol–water partition coefficient (Wildman–Crippen LogP) is 17.1. The van der Waals surface area contributed by atoms with Gasteiger partial charge in [-0.3, -0.25) is 4.55 Å². The minimum atomic E-state index is -5.84. The molecule has 2 fully saturated rings. The van der Waals surface area contributed by atoms with Crippen LogP contribution in [0.3, 0.4) is 0 Å². The Kier molecular flexibility index (Phi) is 77.2. The monoisotopic (exact) mass is 2430 g/mol. The lowest BCUT2D eigenvalue weighted by molar-refractivity contribution is -0.139. The van der Waals surface area contributed by atoms with Crippen molar-refractivity contribution < 1.29 is 180 Å². The topological polar surface area (TPSA) is 459 Å². The van der Waals surface area contributed by atoms with Crippen LogP contribution in [0.15, 0.2) is 85.6 Å². The van der Waals surface area contributed by atoms with Crippen molar-refractivity contribution in [3.63, 3.8) is 0 Å². The second-order valence-corrected chi connectivity index (χ2v) is 106. The molecule has 866 valence electrons. The first-order valence-electron chi connectivity index (χ1n) is 49.7. The zero-order chi connectivity index (χ0) is 116. The highest BCUT2D eigenvalue weighted by Crippen LogP contribution is 2.34. The number of esters is 6. The molecule has 147 heavy (non-hydrogen) atoms. The summed E-state index contributed by atoms with van der Waals surface area (Å²) in [6.45, 7) is 102. The number of halogens is 3. The van der Waals surface area contributed by atoms with Crippen molar-refractivity contribution in [2.45, 2.75) is 349 Å². The molecule has 0 amide bonds. The minimum absolute atomic E-state index is 0.0739. The Bertz CT molecular complexity index is 3870. The maximum Gasteiger partial charge on any atom is 0.522 e. The van der Waals surface area contributed by atoms with Crippen LogP contribution in [-0.2, 0) is 143 Å². The van der Waals surface area contributed by atoms with Gasteiger partial charge in [0.1, 0.15) is 12.2 Å². The van der Waals surface area contributed by atoms with E-state index in [1.807, 2.05) is 26.2 Å². The number of ether oxygens (including phenoxy) is 8. The molecule has 0 aromatic heterocycles. The van der Waals surface area contributed by atoms with Crippen LogP contribution < -0.4 is 0 Å². The van der Waals surface area contributed by atoms with E-state index in [4.69, 9.17) is 133 Å². The molecule has 0 spiro atoms. The molecular formula is C88H193F3O37SSi18. The molecule has 0 saturated carbocycles. The van der Waals surface area contributed by atoms with E-state index < -0.39 is 184 Å². The molecule has 59 heteroatoms. The first kappa shape index (κ1) is 153. The number of hydrogen-bond acceptors (Lipinski definition) is 36. The number of aliphatic hydroxyl groups excluding tert-OH is 4. The molecule has 0 bridgehead atoms. The van der Waals surface area contributed by atoms with Crippen LogP contribution in [0.5, 0.6) is 0 Å². The fourth-order valence-electron chi connectivity index (χ4n) is 14.1. The zero-order valence-corrected chi connectivity index (χ0v) is 116. The van der Waals surface area contributed by atoms with Crippen molar-refractivity contribution in [2.75, 3.05) is 92.5 Å². The summed E-state index contributed by atoms with van der Waals surface area (Å²) in [5, 5.41) is 35.5. The van der Waals surface area contributed by atoms with Gasteiger partial charge in [0, 0.05) is 53.3 Å². The van der Waals surface area contributed by atoms with Crippen LogP contribution >= 0.6 is 0 Å². The standard InChI is InChI=1S/C27H56O10Si4.C21H44O7Si4.C21H40O6Si2.C8H24O4Si4.C6H12O3.C4H16O4Si4.CHF3O3S/c1-23(2)26(30)33-16-13-18-38(5,6)35-40(9,10)37-41(11,20-12-15-32-22-25(29)21-28)36-39(7,8)19-14-17-34-27(31)24(3)4;1-18(2)20(22)24-14-12-16-30(6,7)26-29(5)27-32(10,11)28-31(8,9)17-13-15-25-21(23)19(3)4;1-18(2)20(22)24-12-10-16-28(5,6)26-14-9-15-27-29(7,8)17-11-13-25-21(23)19(3)4;1-13(2)9-14(3,4)11-16(7,8)12-15(5,6)10-13;1-2-3-9-5-6(8)4-7;1-9-5-10(2)7-12(4)8-11(3)6-9;2-1(3,4)8(5,6)7/h25,28-29H,1,3,12-22H2,2,4-11H3;29H,1,3,12-17H2,2,4-11H3;1,3,9-17H2,2,4-8H3;1-8H3;2,6-8H,1,3-5H2;9-12H,1-4H3;(H,5,6,7). The minimum Gasteiger partial charge on any atom is -0.462 e. The van der Waals surface area contributed by atoms with Gasteiger partial charge >= 0.3 is 111 Å². The van der Waals surface area contributed by atoms with Crippen LogP contribution in [0.25, 0.3) is 0 Å². The number of rotatable bonds is 60. The van der Waals surface area contributed by atoms with Crippen LogP contribution in [0.4, 0.5) is 13.2 Å². The van der Waals surface area contributed by atoms with Gasteiger partial charge in [0.2, 0.25) is 0 Å². The lowest BCUT2D eigenvalue weighted by Gasteiger charge is -2.46. The summed E-state index contributed by atoms with van der Waals surface area (Å²) < 4.78 is 198. The Hall–Kier alpha value is -2.28. The highest BCUT2D eigenvalue weighted by Gasteiger charge is 2.52. The summed E-state index contributed by atoms with van der Waals surface area (Å²) in [6.07, 6.45) is 6.04. The maximum atomic E-state index is 11.7. The second-order valence-electron chi connectivity index (χ2n) is 42.3. The Balaban J connectivity index is -0.000000570. The molecule has 5 N–H and O–H groups in total. The maximum absolute atomic E-state index is 11.7. The summed E-state index contributed by atoms with van der Waals surface area (Å²) in [5.74, 6) is -2.11. The number of carbonyl (C=O) groups excluding carboxylic acids is 6. The Morgan fingerprint density at radius 3 is 0.864 bits per heavy atom. The molecule has 2 aliphatic heterocycles. The Labute approximate surface area is 902 Å². The van der Waals surface area contributed by atoms with Crippen LogP contribution in [-0.4, -0.2) is 336 Å². The lowest BCUT2D eigenvalue weighted by atomic mass is 10.4. The quantitative estimate of drug-likeness (QED) is 0.00552. The van der Waals surface area contributed by atoms with Crippen molar-refractivity contribution in [2.24, 2.45) is 0 Å². The van der Waals surface area contributed by atoms with Gasteiger partial charge in [-0.15, -0.1) is 6.58 Å². The number of hydrogen-bond donors (Lipinski definition) is 5. The highest BCUT2D eigenvalue weighted by atomic mass is 32.2. The van der Waals surface area contributed by atoms with E-state index in [1.165, 1.54) is 0 Å². The molecule has 2 saturated heterocycles. The zero-order valence-electron chi connectivity index (χ0n) is 95.9. The van der Waals surface area contributed by atoms with E-state index in [0.717, 1.165) is 68.4 Å². The molecule has 0 aliphatic carbocycles. The van der Waals surface area contributed by atoms with E-state index in [-0.39, 0.29) is 62.2 Å². The van der Waals surface area contributed by atoms with Gasteiger partial charge < -0.3 is 125 Å². The normalized spacial score (nSPS) is 18.0. The molecule has 0 aromatic carbocycles. The van der Waals surface area contributed by atoms with Crippen LogP contribution in [0.1, 0.15) is 92.9 Å². The molecule has 0 aromatic rings. The molecule has 37 nitrogen and oxygen atoms in total.